The van der Waals surface area contributed by atoms with Gasteiger partial charge in [0.2, 0.25) is 0 Å². The number of nitrogens with zero attached hydrogens (tertiary/aromatic N) is 4. The Morgan fingerprint density at radius 3 is 2.68 bits per heavy atom. The number of ether oxygens (including phenoxy) is 1. The Kier molecular flexibility index (Phi) is 6.19. The topological polar surface area (TPSA) is 103 Å². The average Bonchev–Trinajstić information content (AvgIpc) is 3.24. The van der Waals surface area contributed by atoms with E-state index in [1.165, 1.54) is 0 Å². The molecule has 5 aliphatic rings. The first-order valence-electron chi connectivity index (χ1n) is 12.7. The van der Waals surface area contributed by atoms with Crippen molar-refractivity contribution in [1.82, 2.24) is 15.1 Å². The Hall–Kier alpha value is -2.37. The van der Waals surface area contributed by atoms with Gasteiger partial charge in [-0.25, -0.2) is 4.68 Å². The summed E-state index contributed by atoms with van der Waals surface area (Å²) in [6, 6.07) is 2.41. The van der Waals surface area contributed by atoms with Crippen molar-refractivity contribution in [2.75, 3.05) is 37.8 Å². The van der Waals surface area contributed by atoms with Crippen LogP contribution in [-0.2, 0) is 4.74 Å². The summed E-state index contributed by atoms with van der Waals surface area (Å²) in [6.07, 6.45) is 11.5. The first-order chi connectivity index (χ1) is 16.3. The maximum Gasteiger partial charge on any atom is 0.256 e. The van der Waals surface area contributed by atoms with Gasteiger partial charge in [0.1, 0.15) is 11.4 Å². The molecule has 2 unspecified atom stereocenters. The van der Waals surface area contributed by atoms with E-state index in [4.69, 9.17) is 10.00 Å². The van der Waals surface area contributed by atoms with Crippen molar-refractivity contribution in [3.8, 4) is 6.07 Å². The van der Waals surface area contributed by atoms with Gasteiger partial charge in [0.15, 0.2) is 0 Å². The number of hydrogen-bond donors (Lipinski definition) is 2. The number of morpholine rings is 1. The van der Waals surface area contributed by atoms with E-state index in [2.05, 4.69) is 21.4 Å². The van der Waals surface area contributed by atoms with E-state index >= 15 is 0 Å². The summed E-state index contributed by atoms with van der Waals surface area (Å²) >= 11 is 0. The molecule has 2 N–H and O–H groups in total. The molecule has 4 saturated carbocycles. The van der Waals surface area contributed by atoms with Crippen molar-refractivity contribution >= 4 is 17.9 Å². The van der Waals surface area contributed by atoms with E-state index < -0.39 is 0 Å². The van der Waals surface area contributed by atoms with Crippen LogP contribution in [0.25, 0.3) is 6.20 Å². The maximum absolute atomic E-state index is 13.6. The summed E-state index contributed by atoms with van der Waals surface area (Å²) in [5.74, 6) is 2.34. The minimum Gasteiger partial charge on any atom is -0.396 e. The Bertz CT molecular complexity index is 971. The number of carbonyl (C=O) groups excluding carboxylic acids is 1. The number of nitrogens with one attached hydrogen (secondary N) is 1. The standard InChI is InChI=1S/C26H37N5O3/c1-25(2,3-5-27)4-6-31-24(30-7-9-34-10-8-30)21(16-28-31)23(33)29-22-19-11-18-12-20(22)15-26(13-18,14-19)17-32/h4,6,16,18-20,22,32H,3,7-15,17H2,1-2H3,(H,29,33)/b6-4+. The maximum atomic E-state index is 13.6. The fraction of sp³-hybridized carbons (Fsp3) is 0.731. The predicted molar refractivity (Wildman–Crippen MR) is 129 cm³/mol. The van der Waals surface area contributed by atoms with E-state index in [-0.39, 0.29) is 29.4 Å². The lowest BCUT2D eigenvalue weighted by atomic mass is 9.48. The number of hydrogen-bond acceptors (Lipinski definition) is 6. The fourth-order valence-corrected chi connectivity index (χ4v) is 7.10. The summed E-state index contributed by atoms with van der Waals surface area (Å²) in [5, 5.41) is 27.1. The van der Waals surface area contributed by atoms with Crippen molar-refractivity contribution in [3.63, 3.8) is 0 Å². The first kappa shape index (κ1) is 23.4. The molecule has 1 aromatic heterocycles. The Morgan fingerprint density at radius 1 is 1.32 bits per heavy atom. The lowest BCUT2D eigenvalue weighted by molar-refractivity contribution is -0.0969. The van der Waals surface area contributed by atoms with Gasteiger partial charge in [0.25, 0.3) is 5.91 Å². The van der Waals surface area contributed by atoms with Crippen LogP contribution in [0, 0.1) is 39.9 Å². The number of aliphatic hydroxyl groups is 1. The van der Waals surface area contributed by atoms with Crippen molar-refractivity contribution in [2.45, 2.75) is 58.4 Å². The molecule has 0 radical (unpaired) electrons. The van der Waals surface area contributed by atoms with E-state index in [1.807, 2.05) is 26.1 Å². The predicted octanol–water partition coefficient (Wildman–Crippen LogP) is 3.05. The molecule has 4 bridgehead atoms. The molecule has 2 heterocycles. The van der Waals surface area contributed by atoms with Crippen LogP contribution >= 0.6 is 0 Å². The molecule has 1 saturated heterocycles. The van der Waals surface area contributed by atoms with Gasteiger partial charge in [-0.05, 0) is 60.7 Å². The molecule has 1 amide bonds. The average molecular weight is 468 g/mol. The lowest BCUT2D eigenvalue weighted by Gasteiger charge is -2.59. The summed E-state index contributed by atoms with van der Waals surface area (Å²) in [4.78, 5) is 15.8. The summed E-state index contributed by atoms with van der Waals surface area (Å²) in [6.45, 7) is 6.96. The Labute approximate surface area is 201 Å². The molecule has 1 aliphatic heterocycles. The zero-order valence-corrected chi connectivity index (χ0v) is 20.4. The van der Waals surface area contributed by atoms with Crippen LogP contribution in [0.3, 0.4) is 0 Å². The SMILES string of the molecule is CC(C)(/C=C/n1ncc(C(=O)NC2C3CC4CC2CC(CO)(C4)C3)c1N1CCOCC1)CC#N. The first-order valence-corrected chi connectivity index (χ1v) is 12.7. The van der Waals surface area contributed by atoms with Crippen molar-refractivity contribution in [3.05, 3.63) is 17.8 Å². The van der Waals surface area contributed by atoms with Crippen LogP contribution in [0.5, 0.6) is 0 Å². The summed E-state index contributed by atoms with van der Waals surface area (Å²) in [7, 11) is 0. The van der Waals surface area contributed by atoms with Gasteiger partial charge < -0.3 is 20.1 Å². The van der Waals surface area contributed by atoms with E-state index in [9.17, 15) is 9.90 Å². The highest BCUT2D eigenvalue weighted by Crippen LogP contribution is 2.59. The van der Waals surface area contributed by atoms with Crippen molar-refractivity contribution < 1.29 is 14.6 Å². The smallest absolute Gasteiger partial charge is 0.256 e. The van der Waals surface area contributed by atoms with Gasteiger partial charge in [-0.2, -0.15) is 10.4 Å². The van der Waals surface area contributed by atoms with Crippen LogP contribution in [0.1, 0.15) is 62.7 Å². The monoisotopic (exact) mass is 467 g/mol. The molecular formula is C26H37N5O3. The van der Waals surface area contributed by atoms with Gasteiger partial charge in [-0.3, -0.25) is 4.79 Å². The highest BCUT2D eigenvalue weighted by Gasteiger charge is 2.55. The third-order valence-corrected chi connectivity index (χ3v) is 8.56. The second kappa shape index (κ2) is 9.01. The summed E-state index contributed by atoms with van der Waals surface area (Å²) in [5.41, 5.74) is 0.396. The molecule has 6 rings (SSSR count). The number of anilines is 1. The van der Waals surface area contributed by atoms with Gasteiger partial charge in [0, 0.05) is 38.4 Å². The molecule has 5 fully saturated rings. The number of amides is 1. The van der Waals surface area contributed by atoms with Gasteiger partial charge in [-0.15, -0.1) is 0 Å². The van der Waals surface area contributed by atoms with Crippen molar-refractivity contribution in [2.24, 2.45) is 28.6 Å². The molecule has 4 aliphatic carbocycles. The van der Waals surface area contributed by atoms with E-state index in [0.29, 0.717) is 56.0 Å². The highest BCUT2D eigenvalue weighted by molar-refractivity contribution is 5.99. The number of allylic oxidation sites excluding steroid dienone is 1. The normalized spacial score (nSPS) is 32.8. The molecule has 34 heavy (non-hydrogen) atoms. The molecule has 8 nitrogen and oxygen atoms in total. The summed E-state index contributed by atoms with van der Waals surface area (Å²) < 4.78 is 7.32. The zero-order chi connectivity index (χ0) is 23.9. The Balaban J connectivity index is 1.39. The number of carbonyl (C=O) groups is 1. The van der Waals surface area contributed by atoms with Crippen LogP contribution in [0.2, 0.25) is 0 Å². The van der Waals surface area contributed by atoms with Crippen LogP contribution < -0.4 is 10.2 Å². The minimum atomic E-state index is -0.283. The molecular weight excluding hydrogens is 430 g/mol. The third-order valence-electron chi connectivity index (χ3n) is 8.56. The largest absolute Gasteiger partial charge is 0.396 e. The van der Waals surface area contributed by atoms with Gasteiger partial charge in [0.05, 0.1) is 25.5 Å². The number of aliphatic hydroxyl groups excluding tert-OH is 1. The zero-order valence-electron chi connectivity index (χ0n) is 20.4. The van der Waals surface area contributed by atoms with Crippen molar-refractivity contribution in [1.29, 1.82) is 5.26 Å². The number of rotatable bonds is 7. The quantitative estimate of drug-likeness (QED) is 0.639. The Morgan fingerprint density at radius 2 is 2.03 bits per heavy atom. The van der Waals surface area contributed by atoms with E-state index in [1.54, 1.807) is 10.9 Å². The molecule has 1 aromatic rings. The lowest BCUT2D eigenvalue weighted by Crippen LogP contribution is -2.60. The highest BCUT2D eigenvalue weighted by atomic mass is 16.5. The fourth-order valence-electron chi connectivity index (χ4n) is 7.10. The molecule has 184 valence electrons. The van der Waals surface area contributed by atoms with Crippen LogP contribution in [-0.4, -0.2) is 59.7 Å². The second-order valence-corrected chi connectivity index (χ2v) is 11.7. The van der Waals surface area contributed by atoms with Crippen LogP contribution in [0.4, 0.5) is 5.82 Å². The second-order valence-electron chi connectivity index (χ2n) is 11.7. The van der Waals surface area contributed by atoms with Gasteiger partial charge >= 0.3 is 0 Å². The molecule has 8 heteroatoms. The van der Waals surface area contributed by atoms with Gasteiger partial charge in [-0.1, -0.05) is 19.9 Å². The number of nitriles is 1. The number of aromatic nitrogens is 2. The molecule has 2 atom stereocenters. The third kappa shape index (κ3) is 4.36. The minimum absolute atomic E-state index is 0.0621. The molecule has 0 aromatic carbocycles. The molecule has 0 spiro atoms. The van der Waals surface area contributed by atoms with E-state index in [0.717, 1.165) is 37.9 Å². The van der Waals surface area contributed by atoms with Crippen LogP contribution in [0.15, 0.2) is 12.3 Å².